The van der Waals surface area contributed by atoms with Gasteiger partial charge in [0.15, 0.2) is 0 Å². The lowest BCUT2D eigenvalue weighted by Crippen LogP contribution is -2.43. The summed E-state index contributed by atoms with van der Waals surface area (Å²) < 4.78 is 20.4. The summed E-state index contributed by atoms with van der Waals surface area (Å²) in [5, 5.41) is 0. The van der Waals surface area contributed by atoms with Crippen molar-refractivity contribution in [1.29, 1.82) is 0 Å². The molecular weight excluding hydrogens is 351 g/mol. The zero-order valence-corrected chi connectivity index (χ0v) is 14.5. The van der Waals surface area contributed by atoms with E-state index >= 15 is 0 Å². The van der Waals surface area contributed by atoms with Crippen LogP contribution in [0.2, 0.25) is 0 Å². The number of carbonyl (C=O) groups excluding carboxylic acids is 1. The molecule has 2 rings (SSSR count). The van der Waals surface area contributed by atoms with Gasteiger partial charge in [-0.3, -0.25) is 4.79 Å². The van der Waals surface area contributed by atoms with Gasteiger partial charge in [-0.25, -0.2) is 4.39 Å². The Morgan fingerprint density at radius 1 is 1.50 bits per heavy atom. The van der Waals surface area contributed by atoms with Crippen molar-refractivity contribution in [2.75, 3.05) is 6.54 Å². The third-order valence-electron chi connectivity index (χ3n) is 3.90. The van der Waals surface area contributed by atoms with Crippen LogP contribution in [-0.4, -0.2) is 35.6 Å². The number of benzene rings is 1. The lowest BCUT2D eigenvalue weighted by molar-refractivity contribution is -0.145. The number of halogens is 2. The molecule has 4 nitrogen and oxygen atoms in total. The largest absolute Gasteiger partial charge is 0.364 e. The minimum absolute atomic E-state index is 0.0357. The van der Waals surface area contributed by atoms with E-state index in [-0.39, 0.29) is 30.4 Å². The van der Waals surface area contributed by atoms with Gasteiger partial charge >= 0.3 is 0 Å². The minimum Gasteiger partial charge on any atom is -0.364 e. The van der Waals surface area contributed by atoms with E-state index in [9.17, 15) is 9.18 Å². The Labute approximate surface area is 138 Å². The average Bonchev–Trinajstić information content (AvgIpc) is 2.96. The number of nitrogens with two attached hydrogens (primary N) is 1. The molecule has 2 N–H and O–H groups in total. The molecule has 0 spiro atoms. The molecule has 0 aromatic heterocycles. The molecular formula is C16H22BrFN2O2. The fourth-order valence-corrected chi connectivity index (χ4v) is 3.02. The van der Waals surface area contributed by atoms with Gasteiger partial charge in [0, 0.05) is 29.2 Å². The first-order valence-electron chi connectivity index (χ1n) is 7.52. The Kier molecular flexibility index (Phi) is 5.94. The van der Waals surface area contributed by atoms with Gasteiger partial charge in [-0.2, -0.15) is 0 Å². The van der Waals surface area contributed by atoms with Crippen molar-refractivity contribution in [2.45, 2.75) is 51.5 Å². The molecule has 0 saturated carbocycles. The number of rotatable bonds is 5. The van der Waals surface area contributed by atoms with Crippen molar-refractivity contribution >= 4 is 21.8 Å². The normalized spacial score (nSPS) is 21.4. The molecule has 6 heteroatoms. The summed E-state index contributed by atoms with van der Waals surface area (Å²) in [6.45, 7) is 4.49. The average molecular weight is 373 g/mol. The van der Waals surface area contributed by atoms with Gasteiger partial charge in [-0.05, 0) is 44.9 Å². The highest BCUT2D eigenvalue weighted by molar-refractivity contribution is 9.10. The van der Waals surface area contributed by atoms with Gasteiger partial charge in [-0.15, -0.1) is 0 Å². The van der Waals surface area contributed by atoms with Crippen LogP contribution in [0.1, 0.15) is 32.3 Å². The van der Waals surface area contributed by atoms with Crippen molar-refractivity contribution in [2.24, 2.45) is 5.73 Å². The monoisotopic (exact) mass is 372 g/mol. The van der Waals surface area contributed by atoms with Crippen LogP contribution >= 0.6 is 15.9 Å². The third-order valence-corrected chi connectivity index (χ3v) is 4.39. The molecule has 1 heterocycles. The molecule has 1 aromatic carbocycles. The molecule has 1 fully saturated rings. The highest BCUT2D eigenvalue weighted by Gasteiger charge is 2.34. The fourth-order valence-electron chi connectivity index (χ4n) is 2.61. The smallest absolute Gasteiger partial charge is 0.252 e. The Morgan fingerprint density at radius 3 is 2.82 bits per heavy atom. The number of amides is 1. The maximum Gasteiger partial charge on any atom is 0.252 e. The van der Waals surface area contributed by atoms with Gasteiger partial charge in [-0.1, -0.05) is 15.9 Å². The van der Waals surface area contributed by atoms with Crippen LogP contribution < -0.4 is 5.73 Å². The molecule has 1 saturated heterocycles. The highest BCUT2D eigenvalue weighted by atomic mass is 79.9. The topological polar surface area (TPSA) is 55.6 Å². The Morgan fingerprint density at radius 2 is 2.23 bits per heavy atom. The first-order chi connectivity index (χ1) is 10.4. The van der Waals surface area contributed by atoms with Gasteiger partial charge in [0.1, 0.15) is 11.9 Å². The number of carbonyl (C=O) groups is 1. The van der Waals surface area contributed by atoms with Crippen LogP contribution in [-0.2, 0) is 16.1 Å². The van der Waals surface area contributed by atoms with E-state index < -0.39 is 6.10 Å². The minimum atomic E-state index is -0.467. The summed E-state index contributed by atoms with van der Waals surface area (Å²) in [6.07, 6.45) is 0.950. The van der Waals surface area contributed by atoms with Crippen molar-refractivity contribution in [1.82, 2.24) is 4.90 Å². The Balaban J connectivity index is 2.13. The summed E-state index contributed by atoms with van der Waals surface area (Å²) in [5.41, 5.74) is 6.08. The molecule has 0 bridgehead atoms. The number of hydrogen-bond acceptors (Lipinski definition) is 3. The second kappa shape index (κ2) is 7.53. The summed E-state index contributed by atoms with van der Waals surface area (Å²) in [6, 6.07) is 4.72. The van der Waals surface area contributed by atoms with Crippen LogP contribution in [0.25, 0.3) is 0 Å². The zero-order valence-electron chi connectivity index (χ0n) is 12.9. The van der Waals surface area contributed by atoms with E-state index in [0.717, 1.165) is 10.9 Å². The maximum absolute atomic E-state index is 13.9. The van der Waals surface area contributed by atoms with E-state index in [1.807, 2.05) is 13.8 Å². The van der Waals surface area contributed by atoms with E-state index in [0.29, 0.717) is 18.5 Å². The predicted octanol–water partition coefficient (Wildman–Crippen LogP) is 2.83. The quantitative estimate of drug-likeness (QED) is 0.864. The lowest BCUT2D eigenvalue weighted by Gasteiger charge is -2.29. The molecule has 1 aromatic rings. The third kappa shape index (κ3) is 4.06. The number of hydrogen-bond donors (Lipinski definition) is 1. The molecule has 0 unspecified atom stereocenters. The lowest BCUT2D eigenvalue weighted by atomic mass is 10.1. The molecule has 22 heavy (non-hydrogen) atoms. The summed E-state index contributed by atoms with van der Waals surface area (Å²) in [5.74, 6) is -0.404. The van der Waals surface area contributed by atoms with E-state index in [1.54, 1.807) is 17.0 Å². The molecule has 1 amide bonds. The molecule has 0 radical (unpaired) electrons. The second-order valence-electron chi connectivity index (χ2n) is 5.86. The number of ether oxygens (including phenoxy) is 1. The molecule has 2 atom stereocenters. The van der Waals surface area contributed by atoms with Crippen molar-refractivity contribution in [3.05, 3.63) is 34.1 Å². The fraction of sp³-hybridized carbons (Fsp3) is 0.562. The van der Waals surface area contributed by atoms with E-state index in [1.165, 1.54) is 6.07 Å². The van der Waals surface area contributed by atoms with Gasteiger partial charge in [0.2, 0.25) is 0 Å². The van der Waals surface area contributed by atoms with Crippen molar-refractivity contribution in [3.8, 4) is 0 Å². The van der Waals surface area contributed by atoms with Crippen LogP contribution in [0.15, 0.2) is 22.7 Å². The summed E-state index contributed by atoms with van der Waals surface area (Å²) in [4.78, 5) is 14.3. The highest BCUT2D eigenvalue weighted by Crippen LogP contribution is 2.24. The van der Waals surface area contributed by atoms with Crippen molar-refractivity contribution in [3.63, 3.8) is 0 Å². The molecule has 122 valence electrons. The summed E-state index contributed by atoms with van der Waals surface area (Å²) >= 11 is 3.34. The van der Waals surface area contributed by atoms with Gasteiger partial charge in [0.25, 0.3) is 5.91 Å². The Bertz CT molecular complexity index is 539. The van der Waals surface area contributed by atoms with Crippen molar-refractivity contribution < 1.29 is 13.9 Å². The van der Waals surface area contributed by atoms with E-state index in [2.05, 4.69) is 15.9 Å². The zero-order chi connectivity index (χ0) is 16.3. The molecule has 0 aliphatic carbocycles. The molecule has 1 aliphatic rings. The standard InChI is InChI=1S/C16H22BrFN2O2/c1-10(2)20(9-11-7-12(17)3-5-14(11)18)16(21)15-6-4-13(8-19)22-15/h3,5,7,10,13,15H,4,6,8-9,19H2,1-2H3/t13-,15+/m1/s1. The number of nitrogens with zero attached hydrogens (tertiary/aromatic N) is 1. The SMILES string of the molecule is CC(C)N(Cc1cc(Br)ccc1F)C(=O)[C@@H]1CC[C@H](CN)O1. The van der Waals surface area contributed by atoms with Crippen LogP contribution in [0.5, 0.6) is 0 Å². The Hall–Kier alpha value is -0.980. The predicted molar refractivity (Wildman–Crippen MR) is 86.7 cm³/mol. The van der Waals surface area contributed by atoms with Gasteiger partial charge in [0.05, 0.1) is 6.10 Å². The van der Waals surface area contributed by atoms with Crippen LogP contribution in [0.4, 0.5) is 4.39 Å². The van der Waals surface area contributed by atoms with Crippen LogP contribution in [0.3, 0.4) is 0 Å². The summed E-state index contributed by atoms with van der Waals surface area (Å²) in [7, 11) is 0. The second-order valence-corrected chi connectivity index (χ2v) is 6.77. The first kappa shape index (κ1) is 17.4. The maximum atomic E-state index is 13.9. The first-order valence-corrected chi connectivity index (χ1v) is 8.31. The van der Waals surface area contributed by atoms with Gasteiger partial charge < -0.3 is 15.4 Å². The molecule has 1 aliphatic heterocycles. The van der Waals surface area contributed by atoms with Crippen LogP contribution in [0, 0.1) is 5.82 Å². The van der Waals surface area contributed by atoms with E-state index in [4.69, 9.17) is 10.5 Å².